The van der Waals surface area contributed by atoms with Crippen molar-refractivity contribution in [3.63, 3.8) is 0 Å². The van der Waals surface area contributed by atoms with E-state index in [1.807, 2.05) is 54.6 Å². The molecule has 2 aromatic heterocycles. The lowest BCUT2D eigenvalue weighted by molar-refractivity contribution is 0.317. The highest BCUT2D eigenvalue weighted by Gasteiger charge is 2.12. The van der Waals surface area contributed by atoms with Gasteiger partial charge in [-0.2, -0.15) is 14.6 Å². The predicted octanol–water partition coefficient (Wildman–Crippen LogP) is 3.00. The van der Waals surface area contributed by atoms with Crippen molar-refractivity contribution in [3.05, 3.63) is 96.2 Å². The second kappa shape index (κ2) is 9.22. The van der Waals surface area contributed by atoms with E-state index >= 15 is 0 Å². The standard InChI is InChI=1S/C24H23N3O3S/c1-3-13-30-19-11-9-17(10-12-19)14-20-22(28)25-24-27(26-20)23(29)21(31-24)15-18-7-5-16(4-2)6-8-18/h5-12,15H,3-4,13-14H2,1-2H3/b21-15-. The third-order valence-corrected chi connectivity index (χ3v) is 5.86. The quantitative estimate of drug-likeness (QED) is 0.448. The van der Waals surface area contributed by atoms with Crippen LogP contribution in [0.25, 0.3) is 11.0 Å². The number of thiazole rings is 1. The van der Waals surface area contributed by atoms with Crippen LogP contribution in [0.1, 0.15) is 42.7 Å². The largest absolute Gasteiger partial charge is 0.494 e. The number of aromatic nitrogens is 3. The van der Waals surface area contributed by atoms with Crippen LogP contribution in [0.15, 0.2) is 58.1 Å². The summed E-state index contributed by atoms with van der Waals surface area (Å²) < 4.78 is 7.31. The summed E-state index contributed by atoms with van der Waals surface area (Å²) in [6.07, 6.45) is 4.01. The van der Waals surface area contributed by atoms with Crippen LogP contribution in [-0.4, -0.2) is 21.2 Å². The van der Waals surface area contributed by atoms with E-state index in [9.17, 15) is 9.59 Å². The summed E-state index contributed by atoms with van der Waals surface area (Å²) in [5.74, 6) is 0.788. The zero-order valence-corrected chi connectivity index (χ0v) is 18.3. The summed E-state index contributed by atoms with van der Waals surface area (Å²) in [5, 5.41) is 4.32. The first kappa shape index (κ1) is 20.9. The van der Waals surface area contributed by atoms with Crippen LogP contribution in [-0.2, 0) is 12.8 Å². The molecule has 31 heavy (non-hydrogen) atoms. The van der Waals surface area contributed by atoms with Crippen molar-refractivity contribution in [2.75, 3.05) is 6.61 Å². The summed E-state index contributed by atoms with van der Waals surface area (Å²) in [7, 11) is 0. The molecular weight excluding hydrogens is 410 g/mol. The topological polar surface area (TPSA) is 73.6 Å². The van der Waals surface area contributed by atoms with E-state index < -0.39 is 5.56 Å². The SMILES string of the molecule is CCCOc1ccc(Cc2nn3c(=O)/c(=C/c4ccc(CC)cc4)sc3nc2=O)cc1. The number of aryl methyl sites for hydroxylation is 1. The van der Waals surface area contributed by atoms with Gasteiger partial charge in [-0.3, -0.25) is 9.59 Å². The first-order valence-corrected chi connectivity index (χ1v) is 11.1. The molecule has 0 fully saturated rings. The van der Waals surface area contributed by atoms with Gasteiger partial charge >= 0.3 is 0 Å². The van der Waals surface area contributed by atoms with Crippen LogP contribution in [0.3, 0.4) is 0 Å². The molecule has 0 spiro atoms. The summed E-state index contributed by atoms with van der Waals surface area (Å²) in [4.78, 5) is 29.7. The van der Waals surface area contributed by atoms with Gasteiger partial charge in [-0.05, 0) is 47.7 Å². The summed E-state index contributed by atoms with van der Waals surface area (Å²) in [6.45, 7) is 4.81. The molecule has 0 saturated carbocycles. The molecule has 4 rings (SSSR count). The molecular formula is C24H23N3O3S. The van der Waals surface area contributed by atoms with Gasteiger partial charge < -0.3 is 4.74 Å². The maximum Gasteiger partial charge on any atom is 0.296 e. The number of hydrogen-bond donors (Lipinski definition) is 0. The molecule has 0 saturated heterocycles. The highest BCUT2D eigenvalue weighted by Crippen LogP contribution is 2.14. The first-order chi connectivity index (χ1) is 15.1. The van der Waals surface area contributed by atoms with Crippen molar-refractivity contribution in [2.24, 2.45) is 0 Å². The van der Waals surface area contributed by atoms with Gasteiger partial charge in [0.05, 0.1) is 11.1 Å². The molecule has 158 valence electrons. The van der Waals surface area contributed by atoms with Crippen molar-refractivity contribution < 1.29 is 4.74 Å². The molecule has 6 nitrogen and oxygen atoms in total. The second-order valence-electron chi connectivity index (χ2n) is 7.24. The van der Waals surface area contributed by atoms with Gasteiger partial charge in [0.2, 0.25) is 4.96 Å². The Balaban J connectivity index is 1.65. The van der Waals surface area contributed by atoms with Gasteiger partial charge in [-0.25, -0.2) is 0 Å². The molecule has 0 unspecified atom stereocenters. The minimum atomic E-state index is -0.411. The van der Waals surface area contributed by atoms with Gasteiger partial charge in [0.15, 0.2) is 0 Å². The Morgan fingerprint density at radius 2 is 1.71 bits per heavy atom. The van der Waals surface area contributed by atoms with E-state index in [0.29, 0.717) is 22.5 Å². The van der Waals surface area contributed by atoms with Gasteiger partial charge in [0.25, 0.3) is 11.1 Å². The number of benzene rings is 2. The highest BCUT2D eigenvalue weighted by molar-refractivity contribution is 7.15. The molecule has 7 heteroatoms. The number of ether oxygens (including phenoxy) is 1. The average Bonchev–Trinajstić information content (AvgIpc) is 3.08. The lowest BCUT2D eigenvalue weighted by Gasteiger charge is -2.05. The monoisotopic (exact) mass is 433 g/mol. The number of rotatable bonds is 7. The zero-order valence-electron chi connectivity index (χ0n) is 17.5. The van der Waals surface area contributed by atoms with Gasteiger partial charge in [0, 0.05) is 6.42 Å². The molecule has 0 bridgehead atoms. The van der Waals surface area contributed by atoms with Crippen LogP contribution in [0.5, 0.6) is 5.75 Å². The Bertz CT molecular complexity index is 1360. The smallest absolute Gasteiger partial charge is 0.296 e. The molecule has 0 aliphatic rings. The van der Waals surface area contributed by atoms with Gasteiger partial charge in [0.1, 0.15) is 11.4 Å². The van der Waals surface area contributed by atoms with Crippen LogP contribution < -0.4 is 20.4 Å². The van der Waals surface area contributed by atoms with Crippen molar-refractivity contribution in [1.29, 1.82) is 0 Å². The molecule has 0 amide bonds. The van der Waals surface area contributed by atoms with E-state index in [-0.39, 0.29) is 11.3 Å². The molecule has 0 N–H and O–H groups in total. The Morgan fingerprint density at radius 3 is 2.39 bits per heavy atom. The van der Waals surface area contributed by atoms with E-state index in [1.54, 1.807) is 0 Å². The lowest BCUT2D eigenvalue weighted by atomic mass is 10.1. The molecule has 4 aromatic rings. The van der Waals surface area contributed by atoms with E-state index in [2.05, 4.69) is 23.9 Å². The minimum absolute atomic E-state index is 0.244. The Labute approximate surface area is 183 Å². The number of fused-ring (bicyclic) bond motifs is 1. The maximum atomic E-state index is 12.8. The minimum Gasteiger partial charge on any atom is -0.494 e. The Hall–Kier alpha value is -3.32. The van der Waals surface area contributed by atoms with E-state index in [1.165, 1.54) is 21.4 Å². The summed E-state index contributed by atoms with van der Waals surface area (Å²) in [5.41, 5.74) is 2.63. The normalized spacial score (nSPS) is 11.9. The first-order valence-electron chi connectivity index (χ1n) is 10.3. The van der Waals surface area contributed by atoms with Crippen molar-refractivity contribution in [1.82, 2.24) is 14.6 Å². The van der Waals surface area contributed by atoms with Crippen molar-refractivity contribution in [2.45, 2.75) is 33.1 Å². The fourth-order valence-electron chi connectivity index (χ4n) is 3.17. The van der Waals surface area contributed by atoms with Crippen molar-refractivity contribution in [3.8, 4) is 5.75 Å². The second-order valence-corrected chi connectivity index (χ2v) is 8.25. The molecule has 2 aromatic carbocycles. The third-order valence-electron chi connectivity index (χ3n) is 4.90. The Kier molecular flexibility index (Phi) is 6.23. The lowest BCUT2D eigenvalue weighted by Crippen LogP contribution is -2.28. The summed E-state index contributed by atoms with van der Waals surface area (Å²) >= 11 is 1.17. The van der Waals surface area contributed by atoms with Crippen LogP contribution in [0.4, 0.5) is 0 Å². The highest BCUT2D eigenvalue weighted by atomic mass is 32.1. The van der Waals surface area contributed by atoms with E-state index in [4.69, 9.17) is 4.74 Å². The third kappa shape index (κ3) is 4.72. The van der Waals surface area contributed by atoms with E-state index in [0.717, 1.165) is 29.7 Å². The predicted molar refractivity (Wildman–Crippen MR) is 123 cm³/mol. The number of hydrogen-bond acceptors (Lipinski definition) is 6. The Morgan fingerprint density at radius 1 is 1.00 bits per heavy atom. The van der Waals surface area contributed by atoms with Crippen LogP contribution in [0, 0.1) is 0 Å². The maximum absolute atomic E-state index is 12.8. The van der Waals surface area contributed by atoms with Crippen LogP contribution >= 0.6 is 11.3 Å². The average molecular weight is 434 g/mol. The zero-order chi connectivity index (χ0) is 21.8. The fourth-order valence-corrected chi connectivity index (χ4v) is 4.07. The molecule has 0 aliphatic carbocycles. The van der Waals surface area contributed by atoms with Gasteiger partial charge in [-0.15, -0.1) is 0 Å². The van der Waals surface area contributed by atoms with Crippen molar-refractivity contribution >= 4 is 22.4 Å². The molecule has 0 aliphatic heterocycles. The molecule has 0 radical (unpaired) electrons. The molecule has 2 heterocycles. The number of nitrogens with zero attached hydrogens (tertiary/aromatic N) is 3. The fraction of sp³-hybridized carbons (Fsp3) is 0.250. The molecule has 0 atom stereocenters. The van der Waals surface area contributed by atoms with Gasteiger partial charge in [-0.1, -0.05) is 61.6 Å². The summed E-state index contributed by atoms with van der Waals surface area (Å²) in [6, 6.07) is 15.6. The van der Waals surface area contributed by atoms with Crippen LogP contribution in [0.2, 0.25) is 0 Å².